The van der Waals surface area contributed by atoms with Crippen molar-refractivity contribution in [2.45, 2.75) is 52.4 Å². The van der Waals surface area contributed by atoms with Crippen molar-refractivity contribution in [3.63, 3.8) is 0 Å². The van der Waals surface area contributed by atoms with Crippen LogP contribution in [0.15, 0.2) is 42.5 Å². The molecule has 0 aromatic heterocycles. The highest BCUT2D eigenvalue weighted by atomic mass is 14.1. The third-order valence-electron chi connectivity index (χ3n) is 3.85. The van der Waals surface area contributed by atoms with Crippen LogP contribution in [0.4, 0.5) is 0 Å². The second-order valence-corrected chi connectivity index (χ2v) is 5.43. The third kappa shape index (κ3) is 3.72. The molecule has 0 heterocycles. The molecule has 0 aliphatic rings. The average Bonchev–Trinajstić information content (AvgIpc) is 2.52. The van der Waals surface area contributed by atoms with Gasteiger partial charge in [0.25, 0.3) is 0 Å². The van der Waals surface area contributed by atoms with Gasteiger partial charge >= 0.3 is 0 Å². The summed E-state index contributed by atoms with van der Waals surface area (Å²) in [7, 11) is 0. The van der Waals surface area contributed by atoms with Crippen LogP contribution >= 0.6 is 0 Å². The Bertz CT molecular complexity index is 511. The summed E-state index contributed by atoms with van der Waals surface area (Å²) in [4.78, 5) is 0. The van der Waals surface area contributed by atoms with E-state index in [4.69, 9.17) is 0 Å². The largest absolute Gasteiger partial charge is 0.0654 e. The van der Waals surface area contributed by atoms with E-state index in [0.717, 1.165) is 0 Å². The molecule has 0 spiro atoms. The first-order valence-corrected chi connectivity index (χ1v) is 7.94. The zero-order valence-electron chi connectivity index (χ0n) is 12.8. The quantitative estimate of drug-likeness (QED) is 0.590. The van der Waals surface area contributed by atoms with Gasteiger partial charge in [-0.3, -0.25) is 0 Å². The Balaban J connectivity index is 2.39. The van der Waals surface area contributed by atoms with Gasteiger partial charge in [0.15, 0.2) is 0 Å². The van der Waals surface area contributed by atoms with Gasteiger partial charge in [-0.05, 0) is 54.0 Å². The Labute approximate surface area is 123 Å². The minimum absolute atomic E-state index is 1.19. The van der Waals surface area contributed by atoms with E-state index < -0.39 is 0 Å². The fraction of sp³-hybridized carbons (Fsp3) is 0.400. The molecule has 0 saturated carbocycles. The molecule has 2 rings (SSSR count). The molecule has 0 heteroatoms. The molecule has 0 atom stereocenters. The van der Waals surface area contributed by atoms with E-state index >= 15 is 0 Å². The maximum Gasteiger partial charge on any atom is -0.00991 e. The molecule has 2 aromatic carbocycles. The summed E-state index contributed by atoms with van der Waals surface area (Å²) in [6.45, 7) is 4.53. The fourth-order valence-corrected chi connectivity index (χ4v) is 2.70. The van der Waals surface area contributed by atoms with E-state index in [2.05, 4.69) is 50.2 Å². The number of hydrogen-bond acceptors (Lipinski definition) is 0. The number of rotatable bonds is 7. The first-order valence-electron chi connectivity index (χ1n) is 7.94. The number of hydrogen-bond donors (Lipinski definition) is 0. The Morgan fingerprint density at radius 2 is 1.65 bits per heavy atom. The smallest absolute Gasteiger partial charge is 0.00991 e. The van der Waals surface area contributed by atoms with Gasteiger partial charge in [-0.15, -0.1) is 0 Å². The van der Waals surface area contributed by atoms with Crippen molar-refractivity contribution < 1.29 is 0 Å². The lowest BCUT2D eigenvalue weighted by molar-refractivity contribution is 0.759. The van der Waals surface area contributed by atoms with Crippen LogP contribution in [-0.4, -0.2) is 0 Å². The van der Waals surface area contributed by atoms with Gasteiger partial charge in [-0.2, -0.15) is 0 Å². The molecule has 0 saturated heterocycles. The Morgan fingerprint density at radius 3 is 2.35 bits per heavy atom. The van der Waals surface area contributed by atoms with Gasteiger partial charge in [0.2, 0.25) is 0 Å². The second-order valence-electron chi connectivity index (χ2n) is 5.43. The Morgan fingerprint density at radius 1 is 0.850 bits per heavy atom. The lowest BCUT2D eigenvalue weighted by atomic mass is 9.90. The highest BCUT2D eigenvalue weighted by Crippen LogP contribution is 2.28. The SMILES string of the molecule is CCCCc1cccc(-c2[c]cccc2)c1CCCC. The minimum atomic E-state index is 1.19. The van der Waals surface area contributed by atoms with Crippen molar-refractivity contribution in [3.8, 4) is 11.1 Å². The predicted molar refractivity (Wildman–Crippen MR) is 87.9 cm³/mol. The van der Waals surface area contributed by atoms with Crippen molar-refractivity contribution in [2.75, 3.05) is 0 Å². The van der Waals surface area contributed by atoms with E-state index in [9.17, 15) is 0 Å². The van der Waals surface area contributed by atoms with E-state index in [0.29, 0.717) is 0 Å². The second kappa shape index (κ2) is 7.89. The van der Waals surface area contributed by atoms with Crippen LogP contribution in [0.25, 0.3) is 11.1 Å². The van der Waals surface area contributed by atoms with Gasteiger partial charge in [0.05, 0.1) is 0 Å². The first-order chi connectivity index (χ1) is 9.86. The maximum atomic E-state index is 3.38. The third-order valence-corrected chi connectivity index (χ3v) is 3.85. The van der Waals surface area contributed by atoms with Crippen molar-refractivity contribution >= 4 is 0 Å². The van der Waals surface area contributed by atoms with Gasteiger partial charge in [-0.25, -0.2) is 0 Å². The zero-order valence-corrected chi connectivity index (χ0v) is 12.8. The van der Waals surface area contributed by atoms with Gasteiger partial charge in [-0.1, -0.05) is 69.2 Å². The lowest BCUT2D eigenvalue weighted by Crippen LogP contribution is -1.98. The Kier molecular flexibility index (Phi) is 5.86. The summed E-state index contributed by atoms with van der Waals surface area (Å²) in [5.41, 5.74) is 5.70. The first kappa shape index (κ1) is 14.8. The van der Waals surface area contributed by atoms with Crippen LogP contribution in [0.1, 0.15) is 50.7 Å². The molecule has 2 aromatic rings. The molecular formula is C20H25. The van der Waals surface area contributed by atoms with Gasteiger partial charge < -0.3 is 0 Å². The molecule has 1 radical (unpaired) electrons. The summed E-state index contributed by atoms with van der Waals surface area (Å²) in [6, 6.07) is 18.5. The van der Waals surface area contributed by atoms with Crippen LogP contribution in [0.2, 0.25) is 0 Å². The molecule has 20 heavy (non-hydrogen) atoms. The summed E-state index contributed by atoms with van der Waals surface area (Å²) in [5.74, 6) is 0. The summed E-state index contributed by atoms with van der Waals surface area (Å²) in [6.07, 6.45) is 7.45. The highest BCUT2D eigenvalue weighted by molar-refractivity contribution is 5.68. The molecule has 0 fully saturated rings. The van der Waals surface area contributed by atoms with Crippen molar-refractivity contribution in [1.82, 2.24) is 0 Å². The van der Waals surface area contributed by atoms with Crippen molar-refractivity contribution in [3.05, 3.63) is 59.7 Å². The molecule has 0 bridgehead atoms. The van der Waals surface area contributed by atoms with Gasteiger partial charge in [0, 0.05) is 0 Å². The molecule has 0 amide bonds. The van der Waals surface area contributed by atoms with E-state index in [-0.39, 0.29) is 0 Å². The molecule has 0 nitrogen and oxygen atoms in total. The average molecular weight is 265 g/mol. The van der Waals surface area contributed by atoms with Crippen molar-refractivity contribution in [1.29, 1.82) is 0 Å². The summed E-state index contributed by atoms with van der Waals surface area (Å²) >= 11 is 0. The van der Waals surface area contributed by atoms with Crippen molar-refractivity contribution in [2.24, 2.45) is 0 Å². The Hall–Kier alpha value is -1.56. The minimum Gasteiger partial charge on any atom is -0.0654 e. The van der Waals surface area contributed by atoms with E-state index in [1.54, 1.807) is 5.56 Å². The fourth-order valence-electron chi connectivity index (χ4n) is 2.70. The number of unbranched alkanes of at least 4 members (excludes halogenated alkanes) is 2. The van der Waals surface area contributed by atoms with Crippen LogP contribution < -0.4 is 0 Å². The van der Waals surface area contributed by atoms with E-state index in [1.165, 1.54) is 55.2 Å². The normalized spacial score (nSPS) is 10.7. The summed E-state index contributed by atoms with van der Waals surface area (Å²) in [5, 5.41) is 0. The van der Waals surface area contributed by atoms with Crippen LogP contribution in [0.3, 0.4) is 0 Å². The highest BCUT2D eigenvalue weighted by Gasteiger charge is 2.09. The molecule has 105 valence electrons. The molecule has 0 N–H and O–H groups in total. The van der Waals surface area contributed by atoms with Gasteiger partial charge in [0.1, 0.15) is 0 Å². The standard InChI is InChI=1S/C20H25/c1-3-5-11-17-14-10-16-20(19(17)15-6-4-2)18-12-8-7-9-13-18/h7-10,12,14,16H,3-6,11,15H2,1-2H3. The topological polar surface area (TPSA) is 0 Å². The van der Waals surface area contributed by atoms with Crippen LogP contribution in [0, 0.1) is 6.07 Å². The maximum absolute atomic E-state index is 3.38. The van der Waals surface area contributed by atoms with Crippen LogP contribution in [-0.2, 0) is 12.8 Å². The number of aryl methyl sites for hydroxylation is 1. The van der Waals surface area contributed by atoms with Crippen LogP contribution in [0.5, 0.6) is 0 Å². The van der Waals surface area contributed by atoms with E-state index in [1.807, 2.05) is 12.1 Å². The predicted octanol–water partition coefficient (Wildman–Crippen LogP) is 5.84. The molecule has 0 aliphatic heterocycles. The lowest BCUT2D eigenvalue weighted by Gasteiger charge is -2.15. The zero-order chi connectivity index (χ0) is 14.2. The molecule has 0 unspecified atom stereocenters. The monoisotopic (exact) mass is 265 g/mol. The molecule has 0 aliphatic carbocycles. The number of benzene rings is 2. The molecular weight excluding hydrogens is 240 g/mol. The summed E-state index contributed by atoms with van der Waals surface area (Å²) < 4.78 is 0.